The Labute approximate surface area is 177 Å². The molecule has 2 aliphatic carbocycles. The van der Waals surface area contributed by atoms with E-state index in [9.17, 15) is 13.2 Å². The maximum atomic E-state index is 12.3. The zero-order valence-corrected chi connectivity index (χ0v) is 17.9. The molecule has 0 N–H and O–H groups in total. The minimum atomic E-state index is -3.20. The molecule has 0 atom stereocenters. The van der Waals surface area contributed by atoms with Crippen molar-refractivity contribution in [2.45, 2.75) is 24.2 Å². The molecule has 1 aliphatic heterocycles. The van der Waals surface area contributed by atoms with Gasteiger partial charge < -0.3 is 9.80 Å². The molecule has 0 unspecified atom stereocenters. The van der Waals surface area contributed by atoms with Gasteiger partial charge in [0.25, 0.3) is 0 Å². The van der Waals surface area contributed by atoms with E-state index in [-0.39, 0.29) is 5.92 Å². The van der Waals surface area contributed by atoms with E-state index in [1.54, 1.807) is 12.1 Å². The fourth-order valence-corrected chi connectivity index (χ4v) is 4.97. The van der Waals surface area contributed by atoms with E-state index in [0.29, 0.717) is 10.8 Å². The predicted octanol–water partition coefficient (Wildman–Crippen LogP) is 2.64. The SMILES string of the molecule is CS(=O)(=O)c1ccc(C2=Cc3c(N4CCN(C(=O)C5CC5)CC4)ccnc3C2)cc1. The van der Waals surface area contributed by atoms with E-state index in [4.69, 9.17) is 0 Å². The number of nitrogens with zero attached hydrogens (tertiary/aromatic N) is 3. The number of anilines is 1. The van der Waals surface area contributed by atoms with Crippen molar-refractivity contribution in [3.05, 3.63) is 53.3 Å². The van der Waals surface area contributed by atoms with Crippen molar-refractivity contribution in [1.82, 2.24) is 9.88 Å². The van der Waals surface area contributed by atoms with E-state index in [1.807, 2.05) is 23.2 Å². The second-order valence-electron chi connectivity index (χ2n) is 8.42. The number of rotatable bonds is 4. The summed E-state index contributed by atoms with van der Waals surface area (Å²) < 4.78 is 23.4. The standard InChI is InChI=1S/C23H25N3O3S/c1-30(28,29)19-6-4-16(5-7-19)18-14-20-21(15-18)24-9-8-22(20)25-10-12-26(13-11-25)23(27)17-2-3-17/h4-9,14,17H,2-3,10-13,15H2,1H3. The van der Waals surface area contributed by atoms with E-state index >= 15 is 0 Å². The second kappa shape index (κ2) is 7.23. The number of pyridine rings is 1. The predicted molar refractivity (Wildman–Crippen MR) is 117 cm³/mol. The van der Waals surface area contributed by atoms with Crippen LogP contribution in [0, 0.1) is 5.92 Å². The first kappa shape index (κ1) is 19.3. The number of piperazine rings is 1. The van der Waals surface area contributed by atoms with Gasteiger partial charge in [0, 0.05) is 62.2 Å². The number of carbonyl (C=O) groups is 1. The van der Waals surface area contributed by atoms with Crippen LogP contribution in [0.25, 0.3) is 11.6 Å². The summed E-state index contributed by atoms with van der Waals surface area (Å²) in [5.41, 5.74) is 5.52. The molecule has 3 aliphatic rings. The van der Waals surface area contributed by atoms with Gasteiger partial charge in [-0.2, -0.15) is 0 Å². The topological polar surface area (TPSA) is 70.6 Å². The number of carbonyl (C=O) groups excluding carboxylic acids is 1. The Morgan fingerprint density at radius 2 is 1.73 bits per heavy atom. The van der Waals surface area contributed by atoms with Crippen LogP contribution in [0.15, 0.2) is 41.4 Å². The Morgan fingerprint density at radius 3 is 2.37 bits per heavy atom. The van der Waals surface area contributed by atoms with Gasteiger partial charge in [0.2, 0.25) is 5.91 Å². The fraction of sp³-hybridized carbons (Fsp3) is 0.391. The third-order valence-corrected chi connectivity index (χ3v) is 7.37. The lowest BCUT2D eigenvalue weighted by atomic mass is 10.1. The highest BCUT2D eigenvalue weighted by atomic mass is 32.2. The van der Waals surface area contributed by atoms with Gasteiger partial charge in [0.1, 0.15) is 0 Å². The largest absolute Gasteiger partial charge is 0.367 e. The van der Waals surface area contributed by atoms with Crippen molar-refractivity contribution in [1.29, 1.82) is 0 Å². The number of sulfone groups is 1. The summed E-state index contributed by atoms with van der Waals surface area (Å²) in [4.78, 5) is 21.6. The van der Waals surface area contributed by atoms with Gasteiger partial charge in [-0.3, -0.25) is 9.78 Å². The number of benzene rings is 1. The quantitative estimate of drug-likeness (QED) is 0.756. The van der Waals surface area contributed by atoms with Crippen molar-refractivity contribution in [3.8, 4) is 0 Å². The zero-order chi connectivity index (χ0) is 20.9. The molecule has 7 heteroatoms. The van der Waals surface area contributed by atoms with Gasteiger partial charge in [-0.15, -0.1) is 0 Å². The molecule has 1 aromatic heterocycles. The molecule has 1 amide bonds. The molecule has 0 radical (unpaired) electrons. The molecule has 2 fully saturated rings. The maximum absolute atomic E-state index is 12.3. The van der Waals surface area contributed by atoms with Gasteiger partial charge >= 0.3 is 0 Å². The summed E-state index contributed by atoms with van der Waals surface area (Å²) in [6, 6.07) is 9.13. The van der Waals surface area contributed by atoms with Gasteiger partial charge in [-0.05, 0) is 48.3 Å². The van der Waals surface area contributed by atoms with E-state index in [0.717, 1.165) is 67.8 Å². The molecule has 2 aromatic rings. The maximum Gasteiger partial charge on any atom is 0.225 e. The zero-order valence-electron chi connectivity index (χ0n) is 17.0. The molecule has 156 valence electrons. The van der Waals surface area contributed by atoms with Crippen LogP contribution in [0.1, 0.15) is 29.7 Å². The first-order valence-corrected chi connectivity index (χ1v) is 12.3. The van der Waals surface area contributed by atoms with E-state index < -0.39 is 9.84 Å². The minimum Gasteiger partial charge on any atom is -0.367 e. The third-order valence-electron chi connectivity index (χ3n) is 6.24. The molecule has 6 nitrogen and oxygen atoms in total. The summed E-state index contributed by atoms with van der Waals surface area (Å²) in [7, 11) is -3.20. The lowest BCUT2D eigenvalue weighted by molar-refractivity contribution is -0.132. The Hall–Kier alpha value is -2.67. The number of amides is 1. The summed E-state index contributed by atoms with van der Waals surface area (Å²) in [5.74, 6) is 0.607. The molecular formula is C23H25N3O3S. The summed E-state index contributed by atoms with van der Waals surface area (Å²) in [6.45, 7) is 3.22. The Morgan fingerprint density at radius 1 is 1.03 bits per heavy atom. The molecule has 1 aromatic carbocycles. The van der Waals surface area contributed by atoms with Crippen molar-refractivity contribution < 1.29 is 13.2 Å². The highest BCUT2D eigenvalue weighted by molar-refractivity contribution is 7.90. The van der Waals surface area contributed by atoms with Crippen LogP contribution >= 0.6 is 0 Å². The highest BCUT2D eigenvalue weighted by Gasteiger charge is 2.35. The molecular weight excluding hydrogens is 398 g/mol. The summed E-state index contributed by atoms with van der Waals surface area (Å²) >= 11 is 0. The number of aromatic nitrogens is 1. The van der Waals surface area contributed by atoms with Gasteiger partial charge in [-0.1, -0.05) is 12.1 Å². The second-order valence-corrected chi connectivity index (χ2v) is 10.4. The van der Waals surface area contributed by atoms with Crippen molar-refractivity contribution in [2.75, 3.05) is 37.3 Å². The lowest BCUT2D eigenvalue weighted by Gasteiger charge is -2.37. The van der Waals surface area contributed by atoms with E-state index in [2.05, 4.69) is 22.0 Å². The Bertz CT molecular complexity index is 1130. The molecule has 2 heterocycles. The first-order chi connectivity index (χ1) is 14.4. The molecule has 5 rings (SSSR count). The normalized spacial score (nSPS) is 18.9. The van der Waals surface area contributed by atoms with Crippen LogP contribution in [0.2, 0.25) is 0 Å². The molecule has 0 bridgehead atoms. The van der Waals surface area contributed by atoms with Crippen LogP contribution in [0.5, 0.6) is 0 Å². The third kappa shape index (κ3) is 3.62. The number of hydrogen-bond acceptors (Lipinski definition) is 5. The Kier molecular flexibility index (Phi) is 4.65. The molecule has 1 saturated carbocycles. The molecule has 1 saturated heterocycles. The van der Waals surface area contributed by atoms with Crippen LogP contribution < -0.4 is 4.90 Å². The summed E-state index contributed by atoms with van der Waals surface area (Å²) in [5, 5.41) is 0. The number of hydrogen-bond donors (Lipinski definition) is 0. The van der Waals surface area contributed by atoms with Gasteiger partial charge in [0.05, 0.1) is 10.6 Å². The van der Waals surface area contributed by atoms with Gasteiger partial charge in [0.15, 0.2) is 9.84 Å². The smallest absolute Gasteiger partial charge is 0.225 e. The number of allylic oxidation sites excluding steroid dienone is 1. The molecule has 0 spiro atoms. The van der Waals surface area contributed by atoms with Crippen molar-refractivity contribution >= 4 is 33.1 Å². The minimum absolute atomic E-state index is 0.279. The van der Waals surface area contributed by atoms with Crippen molar-refractivity contribution in [3.63, 3.8) is 0 Å². The van der Waals surface area contributed by atoms with Crippen LogP contribution in [0.4, 0.5) is 5.69 Å². The molecule has 30 heavy (non-hydrogen) atoms. The van der Waals surface area contributed by atoms with Crippen LogP contribution in [0.3, 0.4) is 0 Å². The van der Waals surface area contributed by atoms with Crippen LogP contribution in [-0.2, 0) is 21.1 Å². The van der Waals surface area contributed by atoms with Crippen LogP contribution in [-0.4, -0.2) is 56.6 Å². The average molecular weight is 424 g/mol. The average Bonchev–Trinajstić information content (AvgIpc) is 3.50. The number of fused-ring (bicyclic) bond motifs is 1. The lowest BCUT2D eigenvalue weighted by Crippen LogP contribution is -2.49. The Balaban J connectivity index is 1.35. The van der Waals surface area contributed by atoms with Crippen molar-refractivity contribution in [2.24, 2.45) is 5.92 Å². The van der Waals surface area contributed by atoms with E-state index in [1.165, 1.54) is 11.9 Å². The first-order valence-electron chi connectivity index (χ1n) is 10.4. The van der Waals surface area contributed by atoms with Gasteiger partial charge in [-0.25, -0.2) is 8.42 Å². The monoisotopic (exact) mass is 423 g/mol. The summed E-state index contributed by atoms with van der Waals surface area (Å²) in [6.07, 6.45) is 8.10. The highest BCUT2D eigenvalue weighted by Crippen LogP contribution is 2.37. The fourth-order valence-electron chi connectivity index (χ4n) is 4.34.